The summed E-state index contributed by atoms with van der Waals surface area (Å²) in [7, 11) is 0. The molecule has 1 heterocycles. The molecule has 1 fully saturated rings. The van der Waals surface area contributed by atoms with Crippen molar-refractivity contribution in [2.24, 2.45) is 0 Å². The van der Waals surface area contributed by atoms with Gasteiger partial charge < -0.3 is 19.7 Å². The van der Waals surface area contributed by atoms with Crippen molar-refractivity contribution in [1.82, 2.24) is 4.90 Å². The van der Waals surface area contributed by atoms with Crippen LogP contribution in [0.4, 0.5) is 5.69 Å². The van der Waals surface area contributed by atoms with Crippen LogP contribution in [-0.2, 0) is 20.7 Å². The van der Waals surface area contributed by atoms with Gasteiger partial charge in [-0.15, -0.1) is 0 Å². The maximum atomic E-state index is 12.3. The first-order valence-electron chi connectivity index (χ1n) is 10.1. The summed E-state index contributed by atoms with van der Waals surface area (Å²) >= 11 is 6.00. The van der Waals surface area contributed by atoms with Crippen molar-refractivity contribution in [3.63, 3.8) is 0 Å². The molecule has 6 nitrogen and oxygen atoms in total. The molecule has 3 rings (SSSR count). The summed E-state index contributed by atoms with van der Waals surface area (Å²) in [6.45, 7) is 4.87. The topological polar surface area (TPSA) is 67.9 Å². The number of benzene rings is 2. The molecule has 2 aromatic carbocycles. The highest BCUT2D eigenvalue weighted by atomic mass is 35.5. The molecule has 0 aromatic heterocycles. The summed E-state index contributed by atoms with van der Waals surface area (Å²) in [6.07, 6.45) is 1.33. The van der Waals surface area contributed by atoms with Gasteiger partial charge in [-0.25, -0.2) is 0 Å². The summed E-state index contributed by atoms with van der Waals surface area (Å²) in [5.74, 6) is 0.786. The summed E-state index contributed by atoms with van der Waals surface area (Å²) in [4.78, 5) is 26.3. The van der Waals surface area contributed by atoms with Gasteiger partial charge in [0, 0.05) is 30.2 Å². The number of hydrogen-bond donors (Lipinski definition) is 1. The predicted molar refractivity (Wildman–Crippen MR) is 117 cm³/mol. The first-order chi connectivity index (χ1) is 14.5. The van der Waals surface area contributed by atoms with Crippen LogP contribution in [-0.4, -0.2) is 49.6 Å². The van der Waals surface area contributed by atoms with Crippen LogP contribution in [0.3, 0.4) is 0 Å². The Kier molecular flexibility index (Phi) is 8.11. The fraction of sp³-hybridized carbons (Fsp3) is 0.391. The third-order valence-corrected chi connectivity index (χ3v) is 5.33. The van der Waals surface area contributed by atoms with Crippen LogP contribution >= 0.6 is 11.6 Å². The lowest BCUT2D eigenvalue weighted by Crippen LogP contribution is -2.41. The minimum Gasteiger partial charge on any atom is -0.494 e. The van der Waals surface area contributed by atoms with E-state index in [0.29, 0.717) is 57.2 Å². The second-order valence-corrected chi connectivity index (χ2v) is 7.69. The van der Waals surface area contributed by atoms with Gasteiger partial charge in [-0.2, -0.15) is 0 Å². The van der Waals surface area contributed by atoms with Crippen LogP contribution in [0.1, 0.15) is 24.0 Å². The van der Waals surface area contributed by atoms with Gasteiger partial charge >= 0.3 is 0 Å². The Morgan fingerprint density at radius 1 is 1.13 bits per heavy atom. The maximum Gasteiger partial charge on any atom is 0.227 e. The number of carbonyl (C=O) groups excluding carboxylic acids is 2. The molecule has 1 aliphatic rings. The van der Waals surface area contributed by atoms with Gasteiger partial charge in [0.2, 0.25) is 11.8 Å². The summed E-state index contributed by atoms with van der Waals surface area (Å²) < 4.78 is 10.9. The summed E-state index contributed by atoms with van der Waals surface area (Å²) in [6, 6.07) is 12.9. The Morgan fingerprint density at radius 3 is 2.57 bits per heavy atom. The lowest BCUT2D eigenvalue weighted by atomic mass is 10.1. The van der Waals surface area contributed by atoms with Crippen LogP contribution in [0.25, 0.3) is 0 Å². The Hall–Kier alpha value is -2.57. The fourth-order valence-corrected chi connectivity index (χ4v) is 3.28. The number of amides is 2. The first kappa shape index (κ1) is 22.1. The molecule has 0 saturated carbocycles. The Labute approximate surface area is 182 Å². The van der Waals surface area contributed by atoms with Gasteiger partial charge in [-0.3, -0.25) is 9.59 Å². The number of nitrogens with one attached hydrogen (secondary N) is 1. The number of hydrogen-bond acceptors (Lipinski definition) is 4. The van der Waals surface area contributed by atoms with Crippen molar-refractivity contribution in [3.05, 3.63) is 58.6 Å². The molecular weight excluding hydrogens is 404 g/mol. The van der Waals surface area contributed by atoms with E-state index in [1.165, 1.54) is 0 Å². The van der Waals surface area contributed by atoms with Crippen molar-refractivity contribution < 1.29 is 19.1 Å². The monoisotopic (exact) mass is 430 g/mol. The lowest BCUT2D eigenvalue weighted by molar-refractivity contribution is -0.134. The van der Waals surface area contributed by atoms with Crippen molar-refractivity contribution in [2.75, 3.05) is 38.2 Å². The van der Waals surface area contributed by atoms with E-state index in [1.807, 2.05) is 48.2 Å². The Bertz CT molecular complexity index is 864. The summed E-state index contributed by atoms with van der Waals surface area (Å²) in [5, 5.41) is 3.58. The normalized spacial score (nSPS) is 13.7. The largest absolute Gasteiger partial charge is 0.494 e. The molecule has 0 unspecified atom stereocenters. The third-order valence-electron chi connectivity index (χ3n) is 4.90. The SMILES string of the molecule is Cc1cc(OCCCC(=O)Nc2ccc(CC(=O)N3CCOCC3)cc2)ccc1Cl. The van der Waals surface area contributed by atoms with E-state index in [-0.39, 0.29) is 11.8 Å². The van der Waals surface area contributed by atoms with E-state index in [4.69, 9.17) is 21.1 Å². The highest BCUT2D eigenvalue weighted by molar-refractivity contribution is 6.31. The molecular formula is C23H27ClN2O4. The quantitative estimate of drug-likeness (QED) is 0.646. The molecule has 0 radical (unpaired) electrons. The maximum absolute atomic E-state index is 12.3. The van der Waals surface area contributed by atoms with Gasteiger partial charge in [0.25, 0.3) is 0 Å². The van der Waals surface area contributed by atoms with Gasteiger partial charge in [0.05, 0.1) is 26.2 Å². The van der Waals surface area contributed by atoms with Crippen LogP contribution in [0.15, 0.2) is 42.5 Å². The molecule has 0 aliphatic carbocycles. The fourth-order valence-electron chi connectivity index (χ4n) is 3.16. The molecule has 1 saturated heterocycles. The number of anilines is 1. The first-order valence-corrected chi connectivity index (χ1v) is 10.5. The standard InChI is InChI=1S/C23H27ClN2O4/c1-17-15-20(8-9-21(17)24)30-12-2-3-22(27)25-19-6-4-18(5-7-19)16-23(28)26-10-13-29-14-11-26/h4-9,15H,2-3,10-14,16H2,1H3,(H,25,27). The summed E-state index contributed by atoms with van der Waals surface area (Å²) in [5.41, 5.74) is 2.61. The second kappa shape index (κ2) is 11.0. The molecule has 2 aromatic rings. The minimum absolute atomic E-state index is 0.0666. The van der Waals surface area contributed by atoms with Crippen molar-refractivity contribution in [1.29, 1.82) is 0 Å². The zero-order chi connectivity index (χ0) is 21.3. The number of carbonyl (C=O) groups is 2. The van der Waals surface area contributed by atoms with Gasteiger partial charge in [0.1, 0.15) is 5.75 Å². The van der Waals surface area contributed by atoms with Crippen LogP contribution in [0, 0.1) is 6.92 Å². The number of nitrogens with zero attached hydrogens (tertiary/aromatic N) is 1. The molecule has 0 bridgehead atoms. The molecule has 0 atom stereocenters. The van der Waals surface area contributed by atoms with Gasteiger partial charge in [0.15, 0.2) is 0 Å². The minimum atomic E-state index is -0.0666. The number of halogens is 1. The second-order valence-electron chi connectivity index (χ2n) is 7.28. The molecule has 1 N–H and O–H groups in total. The van der Waals surface area contributed by atoms with E-state index in [1.54, 1.807) is 6.07 Å². The lowest BCUT2D eigenvalue weighted by Gasteiger charge is -2.26. The molecule has 1 aliphatic heterocycles. The Balaban J connectivity index is 1.37. The number of aryl methyl sites for hydroxylation is 1. The number of rotatable bonds is 8. The van der Waals surface area contributed by atoms with Crippen LogP contribution < -0.4 is 10.1 Å². The molecule has 160 valence electrons. The highest BCUT2D eigenvalue weighted by Gasteiger charge is 2.16. The van der Waals surface area contributed by atoms with E-state index in [2.05, 4.69) is 5.32 Å². The number of morpholine rings is 1. The predicted octanol–water partition coefficient (Wildman–Crippen LogP) is 3.85. The van der Waals surface area contributed by atoms with E-state index in [9.17, 15) is 9.59 Å². The van der Waals surface area contributed by atoms with Crippen molar-refractivity contribution in [2.45, 2.75) is 26.2 Å². The van der Waals surface area contributed by atoms with Gasteiger partial charge in [-0.05, 0) is 54.8 Å². The van der Waals surface area contributed by atoms with Crippen LogP contribution in [0.2, 0.25) is 5.02 Å². The van der Waals surface area contributed by atoms with E-state index in [0.717, 1.165) is 22.6 Å². The molecule has 2 amide bonds. The average Bonchev–Trinajstić information content (AvgIpc) is 2.75. The number of ether oxygens (including phenoxy) is 2. The molecule has 7 heteroatoms. The third kappa shape index (κ3) is 6.75. The smallest absolute Gasteiger partial charge is 0.227 e. The molecule has 0 spiro atoms. The molecule has 30 heavy (non-hydrogen) atoms. The van der Waals surface area contributed by atoms with Crippen molar-refractivity contribution in [3.8, 4) is 5.75 Å². The Morgan fingerprint density at radius 2 is 1.87 bits per heavy atom. The van der Waals surface area contributed by atoms with Crippen molar-refractivity contribution >= 4 is 29.1 Å². The zero-order valence-electron chi connectivity index (χ0n) is 17.2. The average molecular weight is 431 g/mol. The van der Waals surface area contributed by atoms with E-state index < -0.39 is 0 Å². The highest BCUT2D eigenvalue weighted by Crippen LogP contribution is 2.21. The van der Waals surface area contributed by atoms with E-state index >= 15 is 0 Å². The zero-order valence-corrected chi connectivity index (χ0v) is 17.9. The van der Waals surface area contributed by atoms with Gasteiger partial charge in [-0.1, -0.05) is 23.7 Å². The van der Waals surface area contributed by atoms with Crippen LogP contribution in [0.5, 0.6) is 5.75 Å².